The summed E-state index contributed by atoms with van der Waals surface area (Å²) in [5.74, 6) is -0.426. The van der Waals surface area contributed by atoms with Crippen molar-refractivity contribution in [2.24, 2.45) is 10.8 Å². The Hall–Kier alpha value is -1.21. The van der Waals surface area contributed by atoms with Gasteiger partial charge in [0.15, 0.2) is 0 Å². The Kier molecular flexibility index (Phi) is 3.55. The summed E-state index contributed by atoms with van der Waals surface area (Å²) in [5, 5.41) is 22.2. The van der Waals surface area contributed by atoms with Gasteiger partial charge in [0, 0.05) is 23.3 Å². The molecular weight excluding hydrogens is 324 g/mol. The van der Waals surface area contributed by atoms with Crippen molar-refractivity contribution < 1.29 is 29.2 Å². The number of allylic oxidation sites excluding steroid dienone is 1. The average molecular weight is 350 g/mol. The Morgan fingerprint density at radius 2 is 2.16 bits per heavy atom. The second kappa shape index (κ2) is 5.16. The van der Waals surface area contributed by atoms with Crippen LogP contribution in [-0.4, -0.2) is 58.9 Å². The molecule has 8 atom stereocenters. The molecule has 6 nitrogen and oxygen atoms in total. The fourth-order valence-corrected chi connectivity index (χ4v) is 5.61. The predicted octanol–water partition coefficient (Wildman–Crippen LogP) is 1.11. The normalized spacial score (nSPS) is 53.7. The highest BCUT2D eigenvalue weighted by Gasteiger charge is 2.81. The first-order chi connectivity index (χ1) is 11.7. The Morgan fingerprint density at radius 1 is 1.44 bits per heavy atom. The number of carbonyl (C=O) groups excluding carboxylic acids is 1. The maximum Gasteiger partial charge on any atom is 0.330 e. The van der Waals surface area contributed by atoms with Gasteiger partial charge in [-0.3, -0.25) is 0 Å². The molecular formula is C19H26O6. The van der Waals surface area contributed by atoms with E-state index in [0.717, 1.165) is 5.57 Å². The summed E-state index contributed by atoms with van der Waals surface area (Å²) in [5.41, 5.74) is -1.95. The zero-order valence-corrected chi connectivity index (χ0v) is 15.1. The van der Waals surface area contributed by atoms with Gasteiger partial charge in [0.2, 0.25) is 0 Å². The molecule has 2 N–H and O–H groups in total. The molecule has 0 aromatic carbocycles. The van der Waals surface area contributed by atoms with Crippen LogP contribution in [0.15, 0.2) is 23.8 Å². The molecule has 25 heavy (non-hydrogen) atoms. The molecule has 2 aliphatic heterocycles. The summed E-state index contributed by atoms with van der Waals surface area (Å²) in [7, 11) is 0. The van der Waals surface area contributed by atoms with Crippen molar-refractivity contribution in [3.8, 4) is 0 Å². The van der Waals surface area contributed by atoms with Crippen LogP contribution >= 0.6 is 0 Å². The summed E-state index contributed by atoms with van der Waals surface area (Å²) >= 11 is 0. The zero-order valence-electron chi connectivity index (χ0n) is 15.1. The van der Waals surface area contributed by atoms with Gasteiger partial charge in [-0.1, -0.05) is 26.0 Å². The van der Waals surface area contributed by atoms with E-state index in [1.807, 2.05) is 26.8 Å². The Morgan fingerprint density at radius 3 is 2.84 bits per heavy atom. The van der Waals surface area contributed by atoms with Crippen LogP contribution in [0.25, 0.3) is 0 Å². The van der Waals surface area contributed by atoms with Gasteiger partial charge < -0.3 is 24.4 Å². The molecule has 3 fully saturated rings. The van der Waals surface area contributed by atoms with Gasteiger partial charge in [-0.2, -0.15) is 0 Å². The number of aliphatic hydroxyl groups is 2. The molecule has 0 spiro atoms. The van der Waals surface area contributed by atoms with Gasteiger partial charge in [-0.15, -0.1) is 0 Å². The highest BCUT2D eigenvalue weighted by Crippen LogP contribution is 2.69. The number of ether oxygens (including phenoxy) is 3. The average Bonchev–Trinajstić information content (AvgIpc) is 2.69. The minimum Gasteiger partial charge on any atom is -0.458 e. The van der Waals surface area contributed by atoms with Gasteiger partial charge in [0.25, 0.3) is 0 Å². The second-order valence-corrected chi connectivity index (χ2v) is 8.20. The van der Waals surface area contributed by atoms with Crippen molar-refractivity contribution >= 4 is 5.97 Å². The van der Waals surface area contributed by atoms with E-state index in [1.54, 1.807) is 13.0 Å². The third kappa shape index (κ3) is 1.81. The largest absolute Gasteiger partial charge is 0.458 e. The number of hydrogen-bond donors (Lipinski definition) is 2. The maximum atomic E-state index is 12.1. The van der Waals surface area contributed by atoms with E-state index in [4.69, 9.17) is 14.2 Å². The molecule has 4 aliphatic rings. The summed E-state index contributed by atoms with van der Waals surface area (Å²) in [6.07, 6.45) is 2.79. The van der Waals surface area contributed by atoms with E-state index in [2.05, 4.69) is 0 Å². The number of hydrogen-bond acceptors (Lipinski definition) is 6. The minimum atomic E-state index is -1.26. The number of carbonyl (C=O) groups is 1. The van der Waals surface area contributed by atoms with Gasteiger partial charge in [-0.25, -0.2) is 4.79 Å². The van der Waals surface area contributed by atoms with Crippen LogP contribution in [0.2, 0.25) is 0 Å². The highest BCUT2D eigenvalue weighted by molar-refractivity contribution is 5.82. The lowest BCUT2D eigenvalue weighted by Crippen LogP contribution is -2.78. The molecule has 138 valence electrons. The second-order valence-electron chi connectivity index (χ2n) is 8.20. The molecule has 4 bridgehead atoms. The molecule has 0 aromatic heterocycles. The summed E-state index contributed by atoms with van der Waals surface area (Å²) in [6.45, 7) is 7.59. The van der Waals surface area contributed by atoms with E-state index in [9.17, 15) is 15.0 Å². The van der Waals surface area contributed by atoms with Crippen molar-refractivity contribution in [2.75, 3.05) is 6.61 Å². The molecule has 0 amide bonds. The van der Waals surface area contributed by atoms with Crippen molar-refractivity contribution in [1.82, 2.24) is 0 Å². The standard InChI is InChI=1S/C19H26O6/c1-5-6-14(20)25-12-8-13-19(22)9-23-16-15(21)10(2)7-11(24-13)17(16,3)18(12,19)4/h5-7,11-13,15-16,21-22H,8-9H2,1-4H3/b6-5-/t11-,12-,13?,15-,16-,17-,18-,19?/m1/s1. The molecule has 2 unspecified atom stereocenters. The van der Waals surface area contributed by atoms with E-state index in [1.165, 1.54) is 6.08 Å². The Labute approximate surface area is 147 Å². The lowest BCUT2D eigenvalue weighted by molar-refractivity contribution is -0.362. The Bertz CT molecular complexity index is 671. The summed E-state index contributed by atoms with van der Waals surface area (Å²) < 4.78 is 18.0. The highest BCUT2D eigenvalue weighted by atomic mass is 16.6. The van der Waals surface area contributed by atoms with Crippen molar-refractivity contribution in [2.45, 2.75) is 70.2 Å². The smallest absolute Gasteiger partial charge is 0.330 e. The molecule has 2 aliphatic carbocycles. The van der Waals surface area contributed by atoms with Crippen LogP contribution in [-0.2, 0) is 19.0 Å². The zero-order chi connectivity index (χ0) is 18.2. The molecule has 0 aromatic rings. The third-order valence-electron chi connectivity index (χ3n) is 7.33. The molecule has 2 saturated heterocycles. The van der Waals surface area contributed by atoms with E-state index in [0.29, 0.717) is 6.42 Å². The molecule has 6 heteroatoms. The van der Waals surface area contributed by atoms with Crippen LogP contribution in [0, 0.1) is 10.8 Å². The lowest BCUT2D eigenvalue weighted by atomic mass is 9.48. The summed E-state index contributed by atoms with van der Waals surface area (Å²) in [4.78, 5) is 12.1. The van der Waals surface area contributed by atoms with Gasteiger partial charge in [0.1, 0.15) is 17.8 Å². The molecule has 1 saturated carbocycles. The SMILES string of the molecule is C/C=C\C(=O)O[C@@H]1CC2O[C@@H]3C=C(C)[C@@H](O)[C@H]4OCC2(O)[C@@]1(C)[C@@]43C. The molecule has 4 rings (SSSR count). The van der Waals surface area contributed by atoms with Crippen molar-refractivity contribution in [3.63, 3.8) is 0 Å². The van der Waals surface area contributed by atoms with Crippen LogP contribution in [0.5, 0.6) is 0 Å². The number of rotatable bonds is 2. The van der Waals surface area contributed by atoms with E-state index < -0.39 is 46.8 Å². The van der Waals surface area contributed by atoms with Gasteiger partial charge in [-0.05, 0) is 19.4 Å². The van der Waals surface area contributed by atoms with Crippen LogP contribution in [0.3, 0.4) is 0 Å². The van der Waals surface area contributed by atoms with Crippen LogP contribution < -0.4 is 0 Å². The number of aliphatic hydroxyl groups excluding tert-OH is 1. The monoisotopic (exact) mass is 350 g/mol. The van der Waals surface area contributed by atoms with Gasteiger partial charge >= 0.3 is 5.97 Å². The van der Waals surface area contributed by atoms with Crippen LogP contribution in [0.4, 0.5) is 0 Å². The molecule has 0 radical (unpaired) electrons. The maximum absolute atomic E-state index is 12.1. The quantitative estimate of drug-likeness (QED) is 0.441. The van der Waals surface area contributed by atoms with E-state index in [-0.39, 0.29) is 12.7 Å². The fraction of sp³-hybridized carbons (Fsp3) is 0.737. The first kappa shape index (κ1) is 17.2. The first-order valence-electron chi connectivity index (χ1n) is 8.89. The van der Waals surface area contributed by atoms with Crippen molar-refractivity contribution in [1.29, 1.82) is 0 Å². The Balaban J connectivity index is 1.84. The fourth-order valence-electron chi connectivity index (χ4n) is 5.61. The predicted molar refractivity (Wildman–Crippen MR) is 88.6 cm³/mol. The lowest BCUT2D eigenvalue weighted by Gasteiger charge is -2.67. The van der Waals surface area contributed by atoms with Crippen molar-refractivity contribution in [3.05, 3.63) is 23.8 Å². The topological polar surface area (TPSA) is 85.2 Å². The summed E-state index contributed by atoms with van der Waals surface area (Å²) in [6, 6.07) is 0. The van der Waals surface area contributed by atoms with Crippen LogP contribution in [0.1, 0.15) is 34.1 Å². The molecule has 2 heterocycles. The van der Waals surface area contributed by atoms with E-state index >= 15 is 0 Å². The first-order valence-corrected chi connectivity index (χ1v) is 8.89. The van der Waals surface area contributed by atoms with Gasteiger partial charge in [0.05, 0.1) is 24.9 Å². The number of esters is 1. The minimum absolute atomic E-state index is 0.0587. The third-order valence-corrected chi connectivity index (χ3v) is 7.33.